The predicted molar refractivity (Wildman–Crippen MR) is 72.1 cm³/mol. The maximum atomic E-state index is 6.45. The van der Waals surface area contributed by atoms with Crippen LogP contribution in [0.15, 0.2) is 30.5 Å². The van der Waals surface area contributed by atoms with Gasteiger partial charge in [-0.15, -0.1) is 0 Å². The van der Waals surface area contributed by atoms with Gasteiger partial charge in [-0.25, -0.2) is 0 Å². The van der Waals surface area contributed by atoms with E-state index in [1.807, 2.05) is 0 Å². The molecule has 0 aliphatic heterocycles. The van der Waals surface area contributed by atoms with Crippen LogP contribution in [0.25, 0.3) is 10.9 Å². The van der Waals surface area contributed by atoms with Crippen LogP contribution in [0.4, 0.5) is 0 Å². The highest BCUT2D eigenvalue weighted by Crippen LogP contribution is 2.50. The molecule has 2 nitrogen and oxygen atoms in total. The standard InChI is InChI=1S/C15H20N2/c1-14(2,15(16)8-9-15)12-10-17(3)13-7-5-4-6-11(12)13/h4-7,10H,8-9,16H2,1-3H3. The molecule has 0 amide bonds. The van der Waals surface area contributed by atoms with E-state index < -0.39 is 0 Å². The Morgan fingerprint density at radius 1 is 1.24 bits per heavy atom. The topological polar surface area (TPSA) is 30.9 Å². The van der Waals surface area contributed by atoms with E-state index in [2.05, 4.69) is 55.9 Å². The number of para-hydroxylation sites is 1. The lowest BCUT2D eigenvalue weighted by Crippen LogP contribution is -2.43. The molecule has 17 heavy (non-hydrogen) atoms. The monoisotopic (exact) mass is 228 g/mol. The van der Waals surface area contributed by atoms with Gasteiger partial charge in [0, 0.05) is 35.1 Å². The number of aromatic nitrogens is 1. The zero-order chi connectivity index (χ0) is 12.3. The third-order valence-corrected chi connectivity index (χ3v) is 4.60. The first kappa shape index (κ1) is 10.8. The van der Waals surface area contributed by atoms with Crippen molar-refractivity contribution in [1.29, 1.82) is 0 Å². The summed E-state index contributed by atoms with van der Waals surface area (Å²) in [6, 6.07) is 8.58. The van der Waals surface area contributed by atoms with Crippen LogP contribution in [-0.2, 0) is 12.5 Å². The molecule has 0 bridgehead atoms. The van der Waals surface area contributed by atoms with Crippen molar-refractivity contribution in [2.75, 3.05) is 0 Å². The highest BCUT2D eigenvalue weighted by molar-refractivity contribution is 5.85. The second kappa shape index (κ2) is 3.14. The van der Waals surface area contributed by atoms with E-state index in [-0.39, 0.29) is 11.0 Å². The number of rotatable bonds is 2. The molecular formula is C15H20N2. The first-order valence-corrected chi connectivity index (χ1v) is 6.29. The zero-order valence-corrected chi connectivity index (χ0v) is 10.8. The van der Waals surface area contributed by atoms with Crippen molar-refractivity contribution in [3.8, 4) is 0 Å². The number of benzene rings is 1. The lowest BCUT2D eigenvalue weighted by Gasteiger charge is -2.32. The fourth-order valence-electron chi connectivity index (χ4n) is 2.87. The Balaban J connectivity index is 2.24. The second-order valence-electron chi connectivity index (χ2n) is 5.95. The summed E-state index contributed by atoms with van der Waals surface area (Å²) >= 11 is 0. The third-order valence-electron chi connectivity index (χ3n) is 4.60. The van der Waals surface area contributed by atoms with Gasteiger partial charge in [0.05, 0.1) is 0 Å². The summed E-state index contributed by atoms with van der Waals surface area (Å²) in [6.07, 6.45) is 4.53. The molecule has 1 aromatic heterocycles. The summed E-state index contributed by atoms with van der Waals surface area (Å²) in [6.45, 7) is 4.56. The molecule has 1 aromatic carbocycles. The summed E-state index contributed by atoms with van der Waals surface area (Å²) in [5.41, 5.74) is 9.17. The summed E-state index contributed by atoms with van der Waals surface area (Å²) in [7, 11) is 2.11. The Morgan fingerprint density at radius 2 is 1.88 bits per heavy atom. The molecule has 1 saturated carbocycles. The maximum absolute atomic E-state index is 6.45. The SMILES string of the molecule is Cn1cc(C(C)(C)C2(N)CC2)c2ccccc21. The van der Waals surface area contributed by atoms with Crippen molar-refractivity contribution in [2.45, 2.75) is 37.6 Å². The lowest BCUT2D eigenvalue weighted by molar-refractivity contribution is 0.393. The molecule has 3 rings (SSSR count). The highest BCUT2D eigenvalue weighted by atomic mass is 14.9. The van der Waals surface area contributed by atoms with Crippen LogP contribution in [0.1, 0.15) is 32.3 Å². The molecule has 0 saturated heterocycles. The van der Waals surface area contributed by atoms with Gasteiger partial charge in [-0.3, -0.25) is 0 Å². The molecule has 0 unspecified atom stereocenters. The molecule has 2 heteroatoms. The summed E-state index contributed by atoms with van der Waals surface area (Å²) in [5, 5.41) is 1.34. The zero-order valence-electron chi connectivity index (χ0n) is 10.8. The molecule has 1 fully saturated rings. The van der Waals surface area contributed by atoms with Crippen LogP contribution in [0.2, 0.25) is 0 Å². The third kappa shape index (κ3) is 1.37. The predicted octanol–water partition coefficient (Wildman–Crippen LogP) is 2.95. The van der Waals surface area contributed by atoms with Crippen molar-refractivity contribution in [3.63, 3.8) is 0 Å². The average Bonchev–Trinajstić information content (AvgIpc) is 2.97. The van der Waals surface area contributed by atoms with Gasteiger partial charge in [0.1, 0.15) is 0 Å². The molecule has 1 aliphatic rings. The van der Waals surface area contributed by atoms with E-state index >= 15 is 0 Å². The number of hydrogen-bond acceptors (Lipinski definition) is 1. The van der Waals surface area contributed by atoms with Crippen molar-refractivity contribution in [2.24, 2.45) is 12.8 Å². The van der Waals surface area contributed by atoms with Crippen molar-refractivity contribution in [1.82, 2.24) is 4.57 Å². The summed E-state index contributed by atoms with van der Waals surface area (Å²) in [5.74, 6) is 0. The van der Waals surface area contributed by atoms with Crippen LogP contribution < -0.4 is 5.73 Å². The Labute approximate surface area is 102 Å². The first-order chi connectivity index (χ1) is 7.96. The van der Waals surface area contributed by atoms with Crippen molar-refractivity contribution in [3.05, 3.63) is 36.0 Å². The van der Waals surface area contributed by atoms with Crippen LogP contribution in [-0.4, -0.2) is 10.1 Å². The van der Waals surface area contributed by atoms with Crippen LogP contribution in [0.3, 0.4) is 0 Å². The Bertz CT molecular complexity index is 574. The van der Waals surface area contributed by atoms with E-state index in [9.17, 15) is 0 Å². The second-order valence-corrected chi connectivity index (χ2v) is 5.95. The first-order valence-electron chi connectivity index (χ1n) is 6.29. The smallest absolute Gasteiger partial charge is 0.0480 e. The van der Waals surface area contributed by atoms with E-state index in [1.54, 1.807) is 0 Å². The Hall–Kier alpha value is -1.28. The molecule has 0 radical (unpaired) electrons. The van der Waals surface area contributed by atoms with Gasteiger partial charge in [-0.1, -0.05) is 32.0 Å². The van der Waals surface area contributed by atoms with Gasteiger partial charge in [-0.2, -0.15) is 0 Å². The minimum atomic E-state index is -0.00285. The minimum Gasteiger partial charge on any atom is -0.350 e. The fraction of sp³-hybridized carbons (Fsp3) is 0.467. The number of nitrogens with two attached hydrogens (primary N) is 1. The highest BCUT2D eigenvalue weighted by Gasteiger charge is 2.52. The molecule has 0 spiro atoms. The number of nitrogens with zero attached hydrogens (tertiary/aromatic N) is 1. The number of hydrogen-bond donors (Lipinski definition) is 1. The molecule has 1 aliphatic carbocycles. The van der Waals surface area contributed by atoms with Gasteiger partial charge in [0.2, 0.25) is 0 Å². The lowest BCUT2D eigenvalue weighted by atomic mass is 9.76. The van der Waals surface area contributed by atoms with E-state index in [0.717, 1.165) is 12.8 Å². The van der Waals surface area contributed by atoms with E-state index in [1.165, 1.54) is 16.5 Å². The van der Waals surface area contributed by atoms with E-state index in [0.29, 0.717) is 0 Å². The Morgan fingerprint density at radius 3 is 2.53 bits per heavy atom. The van der Waals surface area contributed by atoms with Crippen LogP contribution in [0, 0.1) is 0 Å². The van der Waals surface area contributed by atoms with E-state index in [4.69, 9.17) is 5.73 Å². The quantitative estimate of drug-likeness (QED) is 0.841. The van der Waals surface area contributed by atoms with Gasteiger partial charge in [0.15, 0.2) is 0 Å². The largest absolute Gasteiger partial charge is 0.350 e. The Kier molecular flexibility index (Phi) is 2.00. The molecule has 1 heterocycles. The van der Waals surface area contributed by atoms with Crippen LogP contribution in [0.5, 0.6) is 0 Å². The normalized spacial score (nSPS) is 18.6. The fourth-order valence-corrected chi connectivity index (χ4v) is 2.87. The maximum Gasteiger partial charge on any atom is 0.0480 e. The molecular weight excluding hydrogens is 208 g/mol. The molecule has 90 valence electrons. The minimum absolute atomic E-state index is 0.00285. The van der Waals surface area contributed by atoms with Crippen molar-refractivity contribution < 1.29 is 0 Å². The average molecular weight is 228 g/mol. The molecule has 2 N–H and O–H groups in total. The number of aryl methyl sites for hydroxylation is 1. The van der Waals surface area contributed by atoms with Gasteiger partial charge < -0.3 is 10.3 Å². The van der Waals surface area contributed by atoms with Crippen molar-refractivity contribution >= 4 is 10.9 Å². The van der Waals surface area contributed by atoms with Gasteiger partial charge in [-0.05, 0) is 24.5 Å². The van der Waals surface area contributed by atoms with Gasteiger partial charge in [0.25, 0.3) is 0 Å². The summed E-state index contributed by atoms with van der Waals surface area (Å²) in [4.78, 5) is 0. The van der Waals surface area contributed by atoms with Crippen LogP contribution >= 0.6 is 0 Å². The van der Waals surface area contributed by atoms with Gasteiger partial charge >= 0.3 is 0 Å². The summed E-state index contributed by atoms with van der Waals surface area (Å²) < 4.78 is 2.21. The number of fused-ring (bicyclic) bond motifs is 1. The molecule has 2 aromatic rings. The molecule has 0 atom stereocenters.